The first kappa shape index (κ1) is 19.4. The molecule has 2 fully saturated rings. The minimum absolute atomic E-state index is 0.0236. The zero-order valence-electron chi connectivity index (χ0n) is 14.9. The van der Waals surface area contributed by atoms with E-state index in [-0.39, 0.29) is 18.4 Å². The number of carbonyl (C=O) groups excluding carboxylic acids is 2. The van der Waals surface area contributed by atoms with E-state index in [0.29, 0.717) is 23.3 Å². The van der Waals surface area contributed by atoms with Crippen LogP contribution < -0.4 is 10.1 Å². The van der Waals surface area contributed by atoms with Crippen LogP contribution in [-0.2, 0) is 9.59 Å². The van der Waals surface area contributed by atoms with Gasteiger partial charge in [-0.2, -0.15) is 0 Å². The molecule has 0 atom stereocenters. The van der Waals surface area contributed by atoms with Gasteiger partial charge in [-0.05, 0) is 48.5 Å². The van der Waals surface area contributed by atoms with Gasteiger partial charge in [0.05, 0.1) is 4.58 Å². The number of thioether (sulfide) groups is 2. The number of hydrogen-bond acceptors (Lipinski definition) is 5. The Bertz CT molecular complexity index is 597. The quantitative estimate of drug-likeness (QED) is 0.770. The van der Waals surface area contributed by atoms with Crippen LogP contribution in [0.3, 0.4) is 0 Å². The van der Waals surface area contributed by atoms with Gasteiger partial charge in [-0.1, -0.05) is 12.1 Å². The Hall–Kier alpha value is -1.34. The summed E-state index contributed by atoms with van der Waals surface area (Å²) in [5.41, 5.74) is 1.30. The summed E-state index contributed by atoms with van der Waals surface area (Å²) in [5.74, 6) is 3.06. The third kappa shape index (κ3) is 5.84. The molecule has 26 heavy (non-hydrogen) atoms. The summed E-state index contributed by atoms with van der Waals surface area (Å²) in [6, 6.07) is 8.01. The number of likely N-dealkylation sites (tertiary alicyclic amines) is 1. The average Bonchev–Trinajstić information content (AvgIpc) is 3.22. The summed E-state index contributed by atoms with van der Waals surface area (Å²) in [4.78, 5) is 25.6. The van der Waals surface area contributed by atoms with Gasteiger partial charge in [0.25, 0.3) is 5.91 Å². The number of ether oxygens (including phenoxy) is 1. The minimum atomic E-state index is -0.193. The molecule has 0 spiro atoms. The van der Waals surface area contributed by atoms with Gasteiger partial charge in [-0.25, -0.2) is 0 Å². The molecule has 2 saturated heterocycles. The second-order valence-corrected chi connectivity index (χ2v) is 9.20. The van der Waals surface area contributed by atoms with Crippen LogP contribution in [-0.4, -0.2) is 54.5 Å². The Balaban J connectivity index is 1.34. The van der Waals surface area contributed by atoms with Crippen molar-refractivity contribution in [3.05, 3.63) is 29.8 Å². The predicted octanol–water partition coefficient (Wildman–Crippen LogP) is 3.06. The van der Waals surface area contributed by atoms with Gasteiger partial charge in [0.1, 0.15) is 5.75 Å². The first-order chi connectivity index (χ1) is 12.7. The van der Waals surface area contributed by atoms with Crippen LogP contribution in [0.4, 0.5) is 0 Å². The highest BCUT2D eigenvalue weighted by Crippen LogP contribution is 2.43. The van der Waals surface area contributed by atoms with Crippen molar-refractivity contribution in [2.45, 2.75) is 30.3 Å². The molecule has 5 nitrogen and oxygen atoms in total. The summed E-state index contributed by atoms with van der Waals surface area (Å²) < 4.78 is 6.06. The van der Waals surface area contributed by atoms with Crippen LogP contribution in [0.15, 0.2) is 24.3 Å². The molecular weight excluding hydrogens is 368 g/mol. The number of nitrogens with one attached hydrogen (secondary N) is 1. The summed E-state index contributed by atoms with van der Waals surface area (Å²) in [7, 11) is 0. The van der Waals surface area contributed by atoms with Gasteiger partial charge in [0, 0.05) is 26.1 Å². The fourth-order valence-electron chi connectivity index (χ4n) is 3.03. The third-order valence-electron chi connectivity index (χ3n) is 4.47. The molecule has 2 heterocycles. The lowest BCUT2D eigenvalue weighted by Crippen LogP contribution is -2.34. The second kappa shape index (κ2) is 10.1. The number of hydrogen-bond donors (Lipinski definition) is 1. The highest BCUT2D eigenvalue weighted by molar-refractivity contribution is 8.16. The Kier molecular flexibility index (Phi) is 7.55. The van der Waals surface area contributed by atoms with E-state index in [1.165, 1.54) is 23.5 Å². The van der Waals surface area contributed by atoms with Crippen molar-refractivity contribution in [2.75, 3.05) is 37.7 Å². The van der Waals surface area contributed by atoms with Crippen molar-refractivity contribution < 1.29 is 14.3 Å². The van der Waals surface area contributed by atoms with Crippen LogP contribution in [0.5, 0.6) is 5.75 Å². The molecule has 7 heteroatoms. The summed E-state index contributed by atoms with van der Waals surface area (Å²) in [5, 5.41) is 2.75. The summed E-state index contributed by atoms with van der Waals surface area (Å²) in [6.45, 7) is 2.05. The largest absolute Gasteiger partial charge is 0.484 e. The lowest BCUT2D eigenvalue weighted by atomic mass is 10.2. The standard InChI is InChI=1S/C19H26N2O3S2/c22-17(20-9-8-18(23)21-10-1-2-11-21)14-24-16-6-4-15(5-7-16)19-25-12-3-13-26-19/h4-7,19H,1-3,8-14H2,(H,20,22). The Morgan fingerprint density at radius 1 is 1.08 bits per heavy atom. The lowest BCUT2D eigenvalue weighted by molar-refractivity contribution is -0.130. The highest BCUT2D eigenvalue weighted by atomic mass is 32.2. The molecule has 1 N–H and O–H groups in total. The summed E-state index contributed by atoms with van der Waals surface area (Å²) in [6.07, 6.45) is 3.81. The van der Waals surface area contributed by atoms with E-state index in [4.69, 9.17) is 4.74 Å². The molecule has 142 valence electrons. The van der Waals surface area contributed by atoms with E-state index in [1.807, 2.05) is 40.6 Å². The maximum atomic E-state index is 11.9. The zero-order valence-corrected chi connectivity index (χ0v) is 16.6. The smallest absolute Gasteiger partial charge is 0.257 e. The normalized spacial score (nSPS) is 17.9. The Morgan fingerprint density at radius 2 is 1.77 bits per heavy atom. The van der Waals surface area contributed by atoms with Crippen molar-refractivity contribution in [1.29, 1.82) is 0 Å². The minimum Gasteiger partial charge on any atom is -0.484 e. The molecule has 0 aliphatic carbocycles. The van der Waals surface area contributed by atoms with Crippen LogP contribution in [0.1, 0.15) is 35.8 Å². The third-order valence-corrected chi connectivity index (χ3v) is 7.48. The SMILES string of the molecule is O=C(COc1ccc(C2SCCCS2)cc1)NCCC(=O)N1CCCC1. The maximum Gasteiger partial charge on any atom is 0.257 e. The molecule has 3 rings (SSSR count). The Morgan fingerprint density at radius 3 is 2.46 bits per heavy atom. The van der Waals surface area contributed by atoms with Crippen molar-refractivity contribution >= 4 is 35.3 Å². The van der Waals surface area contributed by atoms with E-state index < -0.39 is 0 Å². The fourth-order valence-corrected chi connectivity index (χ4v) is 5.93. The summed E-state index contributed by atoms with van der Waals surface area (Å²) >= 11 is 3.98. The first-order valence-corrected chi connectivity index (χ1v) is 11.3. The van der Waals surface area contributed by atoms with Crippen LogP contribution in [0.2, 0.25) is 0 Å². The number of benzene rings is 1. The molecule has 2 aliphatic rings. The molecule has 0 radical (unpaired) electrons. The van der Waals surface area contributed by atoms with Crippen molar-refractivity contribution in [3.63, 3.8) is 0 Å². The monoisotopic (exact) mass is 394 g/mol. The van der Waals surface area contributed by atoms with Crippen molar-refractivity contribution in [1.82, 2.24) is 10.2 Å². The Labute approximate surface area is 163 Å². The van der Waals surface area contributed by atoms with Crippen LogP contribution in [0.25, 0.3) is 0 Å². The fraction of sp³-hybridized carbons (Fsp3) is 0.579. The molecule has 0 aromatic heterocycles. The molecule has 0 bridgehead atoms. The van der Waals surface area contributed by atoms with Crippen LogP contribution in [0, 0.1) is 0 Å². The van der Waals surface area contributed by atoms with E-state index in [9.17, 15) is 9.59 Å². The molecular formula is C19H26N2O3S2. The van der Waals surface area contributed by atoms with Gasteiger partial charge in [-0.3, -0.25) is 9.59 Å². The topological polar surface area (TPSA) is 58.6 Å². The van der Waals surface area contributed by atoms with Gasteiger partial charge in [0.2, 0.25) is 5.91 Å². The molecule has 2 aliphatic heterocycles. The highest BCUT2D eigenvalue weighted by Gasteiger charge is 2.18. The van der Waals surface area contributed by atoms with Gasteiger partial charge < -0.3 is 15.0 Å². The van der Waals surface area contributed by atoms with E-state index in [0.717, 1.165) is 25.9 Å². The number of rotatable bonds is 7. The van der Waals surface area contributed by atoms with Crippen molar-refractivity contribution in [3.8, 4) is 5.75 Å². The molecule has 1 aromatic rings. The second-order valence-electron chi connectivity index (χ2n) is 6.47. The number of carbonyl (C=O) groups is 2. The maximum absolute atomic E-state index is 11.9. The number of nitrogens with zero attached hydrogens (tertiary/aromatic N) is 1. The van der Waals surface area contributed by atoms with Gasteiger partial charge in [0.15, 0.2) is 6.61 Å². The van der Waals surface area contributed by atoms with Crippen LogP contribution >= 0.6 is 23.5 Å². The predicted molar refractivity (Wildman–Crippen MR) is 108 cm³/mol. The molecule has 0 saturated carbocycles. The molecule has 2 amide bonds. The van der Waals surface area contributed by atoms with E-state index >= 15 is 0 Å². The van der Waals surface area contributed by atoms with Gasteiger partial charge >= 0.3 is 0 Å². The molecule has 1 aromatic carbocycles. The zero-order chi connectivity index (χ0) is 18.2. The lowest BCUT2D eigenvalue weighted by Gasteiger charge is -2.21. The first-order valence-electron chi connectivity index (χ1n) is 9.23. The van der Waals surface area contributed by atoms with Gasteiger partial charge in [-0.15, -0.1) is 23.5 Å². The average molecular weight is 395 g/mol. The van der Waals surface area contributed by atoms with Crippen molar-refractivity contribution in [2.24, 2.45) is 0 Å². The van der Waals surface area contributed by atoms with E-state index in [2.05, 4.69) is 17.4 Å². The number of amides is 2. The molecule has 0 unspecified atom stereocenters. The van der Waals surface area contributed by atoms with E-state index in [1.54, 1.807) is 0 Å².